The number of fused-ring (bicyclic) bond motifs is 1. The van der Waals surface area contributed by atoms with Crippen molar-refractivity contribution in [3.8, 4) is 0 Å². The molecule has 0 atom stereocenters. The Morgan fingerprint density at radius 3 is 3.06 bits per heavy atom. The minimum absolute atomic E-state index is 0.695. The first kappa shape index (κ1) is 9.35. The van der Waals surface area contributed by atoms with Crippen LogP contribution in [0.1, 0.15) is 10.7 Å². The molecule has 0 bridgehead atoms. The monoisotopic (exact) mass is 230 g/mol. The molecule has 16 heavy (non-hydrogen) atoms. The lowest BCUT2D eigenvalue weighted by Gasteiger charge is -1.91. The lowest BCUT2D eigenvalue weighted by molar-refractivity contribution is 0.906. The maximum Gasteiger partial charge on any atom is 0.156 e. The zero-order chi connectivity index (χ0) is 11.0. The van der Waals surface area contributed by atoms with Crippen LogP contribution in [0.5, 0.6) is 0 Å². The molecule has 4 nitrogen and oxygen atoms in total. The van der Waals surface area contributed by atoms with Gasteiger partial charge >= 0.3 is 0 Å². The number of rotatable bonds is 2. The van der Waals surface area contributed by atoms with Gasteiger partial charge in [0.2, 0.25) is 0 Å². The Labute approximate surface area is 96.4 Å². The number of hydrogen-bond acceptors (Lipinski definition) is 4. The summed E-state index contributed by atoms with van der Waals surface area (Å²) in [5.41, 5.74) is 7.21. The van der Waals surface area contributed by atoms with Gasteiger partial charge in [-0.3, -0.25) is 0 Å². The van der Waals surface area contributed by atoms with Crippen LogP contribution in [0.15, 0.2) is 35.8 Å². The van der Waals surface area contributed by atoms with Crippen molar-refractivity contribution < 1.29 is 0 Å². The van der Waals surface area contributed by atoms with E-state index in [0.717, 1.165) is 17.9 Å². The highest BCUT2D eigenvalue weighted by Crippen LogP contribution is 2.13. The third-order valence-electron chi connectivity index (χ3n) is 2.31. The number of nitrogen functional groups attached to an aromatic ring is 1. The van der Waals surface area contributed by atoms with Crippen molar-refractivity contribution in [3.05, 3.63) is 46.5 Å². The van der Waals surface area contributed by atoms with Gasteiger partial charge in [-0.25, -0.2) is 9.50 Å². The van der Waals surface area contributed by atoms with E-state index in [1.807, 2.05) is 18.2 Å². The topological polar surface area (TPSA) is 56.2 Å². The molecule has 0 radical (unpaired) electrons. The second-order valence-electron chi connectivity index (χ2n) is 3.55. The second kappa shape index (κ2) is 3.61. The maximum absolute atomic E-state index is 5.68. The molecule has 3 aromatic heterocycles. The highest BCUT2D eigenvalue weighted by molar-refractivity contribution is 7.09. The summed E-state index contributed by atoms with van der Waals surface area (Å²) in [6.45, 7) is 0. The molecule has 2 N–H and O–H groups in total. The van der Waals surface area contributed by atoms with Gasteiger partial charge in [0.15, 0.2) is 11.5 Å². The Balaban J connectivity index is 1.99. The minimum atomic E-state index is 0.695. The van der Waals surface area contributed by atoms with Crippen LogP contribution in [-0.4, -0.2) is 14.6 Å². The summed E-state index contributed by atoms with van der Waals surface area (Å²) < 4.78 is 1.72. The standard InChI is InChI=1S/C11H10N4S/c12-8-3-4-11-13-10(14-15(11)7-8)6-9-2-1-5-16-9/h1-5,7H,6,12H2. The molecule has 0 aliphatic heterocycles. The average Bonchev–Trinajstić information content (AvgIpc) is 2.86. The van der Waals surface area contributed by atoms with E-state index in [-0.39, 0.29) is 0 Å². The molecule has 0 saturated carbocycles. The van der Waals surface area contributed by atoms with Crippen LogP contribution in [0.25, 0.3) is 5.65 Å². The lowest BCUT2D eigenvalue weighted by atomic mass is 10.3. The van der Waals surface area contributed by atoms with Gasteiger partial charge in [-0.1, -0.05) is 6.07 Å². The van der Waals surface area contributed by atoms with Crippen molar-refractivity contribution >= 4 is 22.7 Å². The molecule has 0 amide bonds. The van der Waals surface area contributed by atoms with Crippen molar-refractivity contribution in [2.45, 2.75) is 6.42 Å². The van der Waals surface area contributed by atoms with Crippen LogP contribution >= 0.6 is 11.3 Å². The van der Waals surface area contributed by atoms with Gasteiger partial charge in [0.05, 0.1) is 11.9 Å². The Bertz CT molecular complexity index is 612. The number of anilines is 1. The SMILES string of the molecule is Nc1ccc2nc(Cc3cccs3)nn2c1. The number of aromatic nitrogens is 3. The smallest absolute Gasteiger partial charge is 0.156 e. The maximum atomic E-state index is 5.68. The summed E-state index contributed by atoms with van der Waals surface area (Å²) in [5.74, 6) is 0.827. The molecular weight excluding hydrogens is 220 g/mol. The molecule has 3 rings (SSSR count). The van der Waals surface area contributed by atoms with E-state index < -0.39 is 0 Å². The fourth-order valence-electron chi connectivity index (χ4n) is 1.59. The molecule has 0 unspecified atom stereocenters. The minimum Gasteiger partial charge on any atom is -0.397 e. The summed E-state index contributed by atoms with van der Waals surface area (Å²) >= 11 is 1.72. The van der Waals surface area contributed by atoms with E-state index in [4.69, 9.17) is 5.73 Å². The molecule has 3 aromatic rings. The molecule has 0 aliphatic rings. The fraction of sp³-hybridized carbons (Fsp3) is 0.0909. The summed E-state index contributed by atoms with van der Waals surface area (Å²) in [6, 6.07) is 7.83. The van der Waals surface area contributed by atoms with Crippen molar-refractivity contribution in [2.75, 3.05) is 5.73 Å². The second-order valence-corrected chi connectivity index (χ2v) is 4.58. The molecule has 0 spiro atoms. The molecule has 0 fully saturated rings. The normalized spacial score (nSPS) is 11.0. The largest absolute Gasteiger partial charge is 0.397 e. The van der Waals surface area contributed by atoms with Crippen LogP contribution in [0, 0.1) is 0 Å². The third kappa shape index (κ3) is 1.65. The Kier molecular flexibility index (Phi) is 2.11. The summed E-state index contributed by atoms with van der Waals surface area (Å²) in [6.07, 6.45) is 2.56. The van der Waals surface area contributed by atoms with Gasteiger partial charge < -0.3 is 5.73 Å². The summed E-state index contributed by atoms with van der Waals surface area (Å²) in [4.78, 5) is 5.70. The quantitative estimate of drug-likeness (QED) is 0.732. The lowest BCUT2D eigenvalue weighted by Crippen LogP contribution is -1.92. The van der Waals surface area contributed by atoms with Crippen molar-refractivity contribution in [1.82, 2.24) is 14.6 Å². The first-order valence-corrected chi connectivity index (χ1v) is 5.82. The number of nitrogens with two attached hydrogens (primary N) is 1. The first-order chi connectivity index (χ1) is 7.81. The van der Waals surface area contributed by atoms with Gasteiger partial charge in [0, 0.05) is 11.3 Å². The molecule has 0 aliphatic carbocycles. The first-order valence-electron chi connectivity index (χ1n) is 4.94. The zero-order valence-corrected chi connectivity index (χ0v) is 9.31. The van der Waals surface area contributed by atoms with Crippen molar-refractivity contribution in [2.24, 2.45) is 0 Å². The van der Waals surface area contributed by atoms with Crippen LogP contribution in [-0.2, 0) is 6.42 Å². The molecule has 0 saturated heterocycles. The summed E-state index contributed by atoms with van der Waals surface area (Å²) in [7, 11) is 0. The van der Waals surface area contributed by atoms with E-state index in [1.54, 1.807) is 22.0 Å². The van der Waals surface area contributed by atoms with Crippen LogP contribution in [0.2, 0.25) is 0 Å². The van der Waals surface area contributed by atoms with E-state index >= 15 is 0 Å². The van der Waals surface area contributed by atoms with Gasteiger partial charge in [-0.05, 0) is 23.6 Å². The predicted octanol–water partition coefficient (Wildman–Crippen LogP) is 1.96. The number of pyridine rings is 1. The van der Waals surface area contributed by atoms with Crippen LogP contribution in [0.3, 0.4) is 0 Å². The molecule has 5 heteroatoms. The molecular formula is C11H10N4S. The van der Waals surface area contributed by atoms with E-state index in [0.29, 0.717) is 5.69 Å². The van der Waals surface area contributed by atoms with E-state index in [1.165, 1.54) is 4.88 Å². The Morgan fingerprint density at radius 1 is 1.31 bits per heavy atom. The fourth-order valence-corrected chi connectivity index (χ4v) is 2.29. The van der Waals surface area contributed by atoms with Crippen molar-refractivity contribution in [3.63, 3.8) is 0 Å². The Hall–Kier alpha value is -1.88. The van der Waals surface area contributed by atoms with Gasteiger partial charge in [-0.15, -0.1) is 11.3 Å². The van der Waals surface area contributed by atoms with Gasteiger partial charge in [-0.2, -0.15) is 5.10 Å². The predicted molar refractivity (Wildman–Crippen MR) is 64.5 cm³/mol. The van der Waals surface area contributed by atoms with Crippen LogP contribution in [0.4, 0.5) is 5.69 Å². The van der Waals surface area contributed by atoms with Gasteiger partial charge in [0.1, 0.15) is 0 Å². The zero-order valence-electron chi connectivity index (χ0n) is 8.50. The van der Waals surface area contributed by atoms with Crippen molar-refractivity contribution in [1.29, 1.82) is 0 Å². The summed E-state index contributed by atoms with van der Waals surface area (Å²) in [5, 5.41) is 6.44. The van der Waals surface area contributed by atoms with E-state index in [2.05, 4.69) is 21.5 Å². The van der Waals surface area contributed by atoms with Crippen LogP contribution < -0.4 is 5.73 Å². The molecule has 80 valence electrons. The Morgan fingerprint density at radius 2 is 2.25 bits per heavy atom. The third-order valence-corrected chi connectivity index (χ3v) is 3.19. The molecule has 3 heterocycles. The number of hydrogen-bond donors (Lipinski definition) is 1. The molecule has 0 aromatic carbocycles. The number of nitrogens with zero attached hydrogens (tertiary/aromatic N) is 3. The van der Waals surface area contributed by atoms with E-state index in [9.17, 15) is 0 Å². The average molecular weight is 230 g/mol. The highest BCUT2D eigenvalue weighted by atomic mass is 32.1. The number of thiophene rings is 1. The van der Waals surface area contributed by atoms with Gasteiger partial charge in [0.25, 0.3) is 0 Å². The highest BCUT2D eigenvalue weighted by Gasteiger charge is 2.05.